The van der Waals surface area contributed by atoms with Gasteiger partial charge < -0.3 is 9.64 Å². The second kappa shape index (κ2) is 8.96. The van der Waals surface area contributed by atoms with Gasteiger partial charge in [0.2, 0.25) is 0 Å². The number of sulfonamides is 1. The molecule has 4 rings (SSSR count). The fourth-order valence-electron chi connectivity index (χ4n) is 3.83. The van der Waals surface area contributed by atoms with Crippen molar-refractivity contribution in [1.82, 2.24) is 0 Å². The molecule has 0 saturated carbocycles. The number of ether oxygens (including phenoxy) is 1. The maximum absolute atomic E-state index is 12.8. The average molecular weight is 515 g/mol. The summed E-state index contributed by atoms with van der Waals surface area (Å²) in [6.07, 6.45) is 0.793. The third-order valence-electron chi connectivity index (χ3n) is 5.29. The molecule has 32 heavy (non-hydrogen) atoms. The van der Waals surface area contributed by atoms with Crippen LogP contribution in [0.25, 0.3) is 0 Å². The highest BCUT2D eigenvalue weighted by molar-refractivity contribution is 9.10. The summed E-state index contributed by atoms with van der Waals surface area (Å²) in [6.45, 7) is 3.77. The summed E-state index contributed by atoms with van der Waals surface area (Å²) in [5, 5.41) is 0. The van der Waals surface area contributed by atoms with Crippen molar-refractivity contribution < 1.29 is 17.9 Å². The molecule has 1 aliphatic rings. The first-order chi connectivity index (χ1) is 15.2. The van der Waals surface area contributed by atoms with Gasteiger partial charge in [-0.2, -0.15) is 0 Å². The monoisotopic (exact) mass is 514 g/mol. The fraction of sp³-hybridized carbons (Fsp3) is 0.208. The van der Waals surface area contributed by atoms with Crippen molar-refractivity contribution in [1.29, 1.82) is 0 Å². The highest BCUT2D eigenvalue weighted by Crippen LogP contribution is 2.34. The molecule has 1 aliphatic heterocycles. The van der Waals surface area contributed by atoms with Gasteiger partial charge in [0, 0.05) is 21.9 Å². The molecular weight excluding hydrogens is 492 g/mol. The minimum absolute atomic E-state index is 0.0515. The molecule has 1 unspecified atom stereocenters. The Morgan fingerprint density at radius 3 is 2.59 bits per heavy atom. The van der Waals surface area contributed by atoms with E-state index in [0.29, 0.717) is 11.4 Å². The van der Waals surface area contributed by atoms with Gasteiger partial charge in [0.25, 0.3) is 15.9 Å². The van der Waals surface area contributed by atoms with Crippen LogP contribution >= 0.6 is 15.9 Å². The van der Waals surface area contributed by atoms with Crippen LogP contribution in [0.4, 0.5) is 11.4 Å². The summed E-state index contributed by atoms with van der Waals surface area (Å²) < 4.78 is 34.5. The van der Waals surface area contributed by atoms with Crippen LogP contribution in [-0.2, 0) is 21.2 Å². The number of nitrogens with zero attached hydrogens (tertiary/aromatic N) is 1. The molecule has 1 atom stereocenters. The van der Waals surface area contributed by atoms with E-state index in [4.69, 9.17) is 4.74 Å². The summed E-state index contributed by atoms with van der Waals surface area (Å²) >= 11 is 3.47. The van der Waals surface area contributed by atoms with Gasteiger partial charge in [-0.25, -0.2) is 8.42 Å². The Labute approximate surface area is 196 Å². The quantitative estimate of drug-likeness (QED) is 0.506. The van der Waals surface area contributed by atoms with Gasteiger partial charge in [0.15, 0.2) is 6.61 Å². The van der Waals surface area contributed by atoms with Crippen LogP contribution in [0.15, 0.2) is 76.1 Å². The highest BCUT2D eigenvalue weighted by Gasteiger charge is 2.31. The lowest BCUT2D eigenvalue weighted by Crippen LogP contribution is -2.39. The zero-order valence-corrected chi connectivity index (χ0v) is 20.1. The van der Waals surface area contributed by atoms with Crippen LogP contribution in [0, 0.1) is 6.92 Å². The predicted octanol–water partition coefficient (Wildman–Crippen LogP) is 4.91. The van der Waals surface area contributed by atoms with E-state index in [1.165, 1.54) is 12.1 Å². The number of aryl methyl sites for hydroxylation is 1. The lowest BCUT2D eigenvalue weighted by Gasteiger charge is -2.22. The number of carbonyl (C=O) groups excluding carboxylic acids is 1. The Bertz CT molecular complexity index is 1260. The maximum atomic E-state index is 12.8. The maximum Gasteiger partial charge on any atom is 0.265 e. The lowest BCUT2D eigenvalue weighted by molar-refractivity contribution is -0.120. The van der Waals surface area contributed by atoms with Gasteiger partial charge >= 0.3 is 0 Å². The molecule has 3 aromatic carbocycles. The number of anilines is 2. The molecule has 0 radical (unpaired) electrons. The summed E-state index contributed by atoms with van der Waals surface area (Å²) in [5.41, 5.74) is 3.48. The number of rotatable bonds is 6. The first-order valence-corrected chi connectivity index (χ1v) is 12.4. The van der Waals surface area contributed by atoms with Crippen molar-refractivity contribution in [2.75, 3.05) is 16.2 Å². The van der Waals surface area contributed by atoms with Crippen molar-refractivity contribution >= 4 is 43.2 Å². The Morgan fingerprint density at radius 2 is 1.88 bits per heavy atom. The van der Waals surface area contributed by atoms with Crippen LogP contribution in [0.5, 0.6) is 5.75 Å². The minimum Gasteiger partial charge on any atom is -0.484 e. The largest absolute Gasteiger partial charge is 0.484 e. The molecule has 0 aromatic heterocycles. The van der Waals surface area contributed by atoms with E-state index in [1.807, 2.05) is 38.1 Å². The summed E-state index contributed by atoms with van der Waals surface area (Å²) in [4.78, 5) is 14.7. The van der Waals surface area contributed by atoms with Crippen LogP contribution in [0.3, 0.4) is 0 Å². The number of hydrogen-bond acceptors (Lipinski definition) is 4. The number of halogens is 1. The van der Waals surface area contributed by atoms with E-state index in [-0.39, 0.29) is 23.5 Å². The molecule has 0 spiro atoms. The average Bonchev–Trinajstić information content (AvgIpc) is 3.06. The Kier molecular flexibility index (Phi) is 6.26. The summed E-state index contributed by atoms with van der Waals surface area (Å²) in [5.74, 6) is 0.284. The fourth-order valence-corrected chi connectivity index (χ4v) is 5.29. The first-order valence-electron chi connectivity index (χ1n) is 10.2. The van der Waals surface area contributed by atoms with E-state index in [0.717, 1.165) is 27.7 Å². The summed E-state index contributed by atoms with van der Waals surface area (Å²) in [7, 11) is -3.72. The molecule has 3 aromatic rings. The predicted molar refractivity (Wildman–Crippen MR) is 129 cm³/mol. The zero-order chi connectivity index (χ0) is 22.9. The van der Waals surface area contributed by atoms with Crippen LogP contribution < -0.4 is 14.4 Å². The molecule has 0 saturated heterocycles. The van der Waals surface area contributed by atoms with Gasteiger partial charge in [0.05, 0.1) is 4.90 Å². The van der Waals surface area contributed by atoms with Gasteiger partial charge in [-0.1, -0.05) is 28.1 Å². The van der Waals surface area contributed by atoms with Crippen molar-refractivity contribution in [3.63, 3.8) is 0 Å². The summed E-state index contributed by atoms with van der Waals surface area (Å²) in [6, 6.07) is 19.1. The van der Waals surface area contributed by atoms with Crippen molar-refractivity contribution in [3.8, 4) is 5.75 Å². The van der Waals surface area contributed by atoms with Gasteiger partial charge in [-0.05, 0) is 86.0 Å². The third-order valence-corrected chi connectivity index (χ3v) is 7.18. The zero-order valence-electron chi connectivity index (χ0n) is 17.7. The van der Waals surface area contributed by atoms with E-state index >= 15 is 0 Å². The highest BCUT2D eigenvalue weighted by atomic mass is 79.9. The number of hydrogen-bond donors (Lipinski definition) is 1. The van der Waals surface area contributed by atoms with Crippen molar-refractivity contribution in [3.05, 3.63) is 82.3 Å². The molecule has 6 nitrogen and oxygen atoms in total. The van der Waals surface area contributed by atoms with E-state index in [2.05, 4.69) is 20.7 Å². The topological polar surface area (TPSA) is 75.7 Å². The van der Waals surface area contributed by atoms with Gasteiger partial charge in [-0.15, -0.1) is 0 Å². The number of carbonyl (C=O) groups is 1. The van der Waals surface area contributed by atoms with Crippen molar-refractivity contribution in [2.45, 2.75) is 31.2 Å². The molecule has 1 heterocycles. The standard InChI is InChI=1S/C24H23BrN2O4S/c1-16-4-3-5-20(12-16)26-32(29,30)22-9-7-21(8-10-22)31-15-24(28)27-17(2)13-18-14-19(25)6-11-23(18)27/h3-12,14,17,26H,13,15H2,1-2H3. The SMILES string of the molecule is Cc1cccc(NS(=O)(=O)c2ccc(OCC(=O)N3c4ccc(Br)cc4CC3C)cc2)c1. The Hall–Kier alpha value is -2.84. The smallest absolute Gasteiger partial charge is 0.265 e. The van der Waals surface area contributed by atoms with E-state index in [1.54, 1.807) is 35.2 Å². The third kappa shape index (κ3) is 4.81. The molecule has 1 N–H and O–H groups in total. The molecular formula is C24H23BrN2O4S. The Balaban J connectivity index is 1.41. The van der Waals surface area contributed by atoms with Crippen molar-refractivity contribution in [2.24, 2.45) is 0 Å². The van der Waals surface area contributed by atoms with Gasteiger partial charge in [-0.3, -0.25) is 9.52 Å². The molecule has 8 heteroatoms. The molecule has 0 bridgehead atoms. The minimum atomic E-state index is -3.72. The first kappa shape index (κ1) is 22.4. The lowest BCUT2D eigenvalue weighted by atomic mass is 10.1. The van der Waals surface area contributed by atoms with E-state index in [9.17, 15) is 13.2 Å². The Morgan fingerprint density at radius 1 is 1.12 bits per heavy atom. The van der Waals surface area contributed by atoms with Crippen LogP contribution in [-0.4, -0.2) is 27.0 Å². The van der Waals surface area contributed by atoms with Crippen LogP contribution in [0.1, 0.15) is 18.1 Å². The normalized spacial score (nSPS) is 15.3. The number of fused-ring (bicyclic) bond motifs is 1. The number of benzene rings is 3. The molecule has 0 fully saturated rings. The van der Waals surface area contributed by atoms with Gasteiger partial charge in [0.1, 0.15) is 5.75 Å². The van der Waals surface area contributed by atoms with Crippen LogP contribution in [0.2, 0.25) is 0 Å². The molecule has 166 valence electrons. The molecule has 0 aliphatic carbocycles. The number of nitrogens with one attached hydrogen (secondary N) is 1. The van der Waals surface area contributed by atoms with E-state index < -0.39 is 10.0 Å². The molecule has 1 amide bonds. The second-order valence-corrected chi connectivity index (χ2v) is 10.4. The second-order valence-electron chi connectivity index (χ2n) is 7.82. The number of amides is 1.